The topological polar surface area (TPSA) is 54.4 Å². The van der Waals surface area contributed by atoms with Gasteiger partial charge in [0, 0.05) is 29.2 Å². The molecule has 0 aromatic carbocycles. The summed E-state index contributed by atoms with van der Waals surface area (Å²) in [6.07, 6.45) is 11.0. The van der Waals surface area contributed by atoms with Gasteiger partial charge >= 0.3 is 0 Å². The van der Waals surface area contributed by atoms with Crippen LogP contribution < -0.4 is 0 Å². The first-order chi connectivity index (χ1) is 15.3. The van der Waals surface area contributed by atoms with E-state index in [1.54, 1.807) is 0 Å². The largest absolute Gasteiger partial charge is 0.392 e. The molecule has 2 saturated carbocycles. The summed E-state index contributed by atoms with van der Waals surface area (Å²) in [6, 6.07) is 0. The van der Waals surface area contributed by atoms with Gasteiger partial charge in [-0.3, -0.25) is 9.59 Å². The maximum absolute atomic E-state index is 13.9. The molecule has 3 heteroatoms. The van der Waals surface area contributed by atoms with Crippen LogP contribution in [0.25, 0.3) is 0 Å². The Balaban J connectivity index is 1.68. The van der Waals surface area contributed by atoms with Crippen LogP contribution in [-0.4, -0.2) is 23.3 Å². The lowest BCUT2D eigenvalue weighted by molar-refractivity contribution is -0.142. The van der Waals surface area contributed by atoms with Crippen molar-refractivity contribution >= 4 is 11.6 Å². The molecule has 4 rings (SSSR count). The van der Waals surface area contributed by atoms with E-state index in [-0.39, 0.29) is 28.8 Å². The Morgan fingerprint density at radius 1 is 1.09 bits per heavy atom. The van der Waals surface area contributed by atoms with Crippen LogP contribution in [0.1, 0.15) is 106 Å². The molecule has 4 aliphatic carbocycles. The number of Topliss-reactive ketones (excluding diaryl/α,β-unsaturated/α-hetero) is 2. The van der Waals surface area contributed by atoms with E-state index in [1.165, 1.54) is 17.6 Å². The van der Waals surface area contributed by atoms with Gasteiger partial charge < -0.3 is 5.11 Å². The highest BCUT2D eigenvalue weighted by molar-refractivity contribution is 6.00. The Morgan fingerprint density at radius 2 is 1.79 bits per heavy atom. The molecule has 0 heterocycles. The summed E-state index contributed by atoms with van der Waals surface area (Å²) in [6.45, 7) is 16.0. The van der Waals surface area contributed by atoms with Gasteiger partial charge in [-0.25, -0.2) is 0 Å². The molecule has 0 aromatic heterocycles. The summed E-state index contributed by atoms with van der Waals surface area (Å²) in [5, 5.41) is 9.30. The van der Waals surface area contributed by atoms with Gasteiger partial charge in [0.1, 0.15) is 5.78 Å². The minimum Gasteiger partial charge on any atom is -0.392 e. The normalized spacial score (nSPS) is 41.5. The lowest BCUT2D eigenvalue weighted by Gasteiger charge is -2.60. The molecule has 0 aromatic rings. The smallest absolute Gasteiger partial charge is 0.159 e. The number of hydrogen-bond donors (Lipinski definition) is 1. The number of carbonyl (C=O) groups excluding carboxylic acids is 2. The zero-order valence-corrected chi connectivity index (χ0v) is 22.1. The zero-order chi connectivity index (χ0) is 24.4. The number of allylic oxidation sites excluding steroid dienone is 3. The summed E-state index contributed by atoms with van der Waals surface area (Å²) >= 11 is 0. The molecule has 3 nitrogen and oxygen atoms in total. The fourth-order valence-electron chi connectivity index (χ4n) is 8.98. The van der Waals surface area contributed by atoms with E-state index < -0.39 is 5.41 Å². The number of aliphatic hydroxyl groups excluding tert-OH is 1. The van der Waals surface area contributed by atoms with E-state index in [0.29, 0.717) is 36.2 Å². The van der Waals surface area contributed by atoms with Gasteiger partial charge in [-0.2, -0.15) is 0 Å². The van der Waals surface area contributed by atoms with E-state index in [9.17, 15) is 14.7 Å². The summed E-state index contributed by atoms with van der Waals surface area (Å²) < 4.78 is 0. The lowest BCUT2D eigenvalue weighted by Crippen LogP contribution is -2.56. The van der Waals surface area contributed by atoms with Crippen molar-refractivity contribution in [3.63, 3.8) is 0 Å². The minimum absolute atomic E-state index is 0.0126. The second kappa shape index (κ2) is 8.18. The molecule has 0 radical (unpaired) electrons. The third-order valence-corrected chi connectivity index (χ3v) is 11.4. The number of carbonyl (C=O) groups is 2. The highest BCUT2D eigenvalue weighted by Crippen LogP contribution is 2.71. The quantitative estimate of drug-likeness (QED) is 0.463. The van der Waals surface area contributed by atoms with Crippen LogP contribution in [0.2, 0.25) is 0 Å². The lowest BCUT2D eigenvalue weighted by atomic mass is 9.43. The Morgan fingerprint density at radius 3 is 2.45 bits per heavy atom. The van der Waals surface area contributed by atoms with E-state index in [4.69, 9.17) is 0 Å². The predicted octanol–water partition coefficient (Wildman–Crippen LogP) is 6.84. The molecule has 33 heavy (non-hydrogen) atoms. The predicted molar refractivity (Wildman–Crippen MR) is 134 cm³/mol. The molecular weight excluding hydrogens is 408 g/mol. The third kappa shape index (κ3) is 3.46. The van der Waals surface area contributed by atoms with E-state index in [0.717, 1.165) is 44.1 Å². The molecule has 184 valence electrons. The number of fused-ring (bicyclic) bond motifs is 4. The molecule has 6 atom stereocenters. The fourth-order valence-corrected chi connectivity index (χ4v) is 8.98. The maximum atomic E-state index is 13.9. The molecule has 0 bridgehead atoms. The van der Waals surface area contributed by atoms with Crippen LogP contribution in [-0.2, 0) is 9.59 Å². The first-order valence-corrected chi connectivity index (χ1v) is 13.4. The van der Waals surface area contributed by atoms with Gasteiger partial charge in [-0.05, 0) is 80.5 Å². The summed E-state index contributed by atoms with van der Waals surface area (Å²) in [4.78, 5) is 26.7. The first kappa shape index (κ1) is 24.9. The molecule has 1 N–H and O–H groups in total. The second-order valence-electron chi connectivity index (χ2n) is 13.3. The molecule has 6 unspecified atom stereocenters. The Labute approximate surface area is 201 Å². The minimum atomic E-state index is -0.407. The van der Waals surface area contributed by atoms with Crippen LogP contribution >= 0.6 is 0 Å². The second-order valence-corrected chi connectivity index (χ2v) is 13.3. The molecule has 0 aliphatic heterocycles. The standard InChI is InChI=1S/C30H46O3/c1-19(18-31)9-8-10-20(2)21-11-16-30(7)26-22(12-15-29(21,30)6)28(5)14-13-25(33)27(3,4)24(28)17-23(26)32/h9,20-21,24,31H,8,10-18H2,1-7H3/b19-9+. The summed E-state index contributed by atoms with van der Waals surface area (Å²) in [5.74, 6) is 2.06. The molecule has 2 fully saturated rings. The summed E-state index contributed by atoms with van der Waals surface area (Å²) in [5.41, 5.74) is 3.36. The van der Waals surface area contributed by atoms with Crippen molar-refractivity contribution in [2.75, 3.05) is 6.61 Å². The van der Waals surface area contributed by atoms with Gasteiger partial charge in [0.05, 0.1) is 6.61 Å². The Bertz CT molecular complexity index is 908. The van der Waals surface area contributed by atoms with Crippen LogP contribution in [0.5, 0.6) is 0 Å². The van der Waals surface area contributed by atoms with Gasteiger partial charge in [0.2, 0.25) is 0 Å². The van der Waals surface area contributed by atoms with Crippen LogP contribution in [0.4, 0.5) is 0 Å². The van der Waals surface area contributed by atoms with Crippen molar-refractivity contribution in [1.82, 2.24) is 0 Å². The zero-order valence-electron chi connectivity index (χ0n) is 22.1. The van der Waals surface area contributed by atoms with Crippen molar-refractivity contribution < 1.29 is 14.7 Å². The van der Waals surface area contributed by atoms with Gasteiger partial charge in [0.15, 0.2) is 5.78 Å². The van der Waals surface area contributed by atoms with Gasteiger partial charge in [-0.15, -0.1) is 0 Å². The van der Waals surface area contributed by atoms with Crippen molar-refractivity contribution in [1.29, 1.82) is 0 Å². The van der Waals surface area contributed by atoms with Crippen LogP contribution in [0, 0.1) is 39.4 Å². The highest BCUT2D eigenvalue weighted by Gasteiger charge is 2.65. The monoisotopic (exact) mass is 454 g/mol. The molecule has 4 aliphatic rings. The first-order valence-electron chi connectivity index (χ1n) is 13.4. The van der Waals surface area contributed by atoms with Gasteiger partial charge in [0.25, 0.3) is 0 Å². The van der Waals surface area contributed by atoms with E-state index in [2.05, 4.69) is 47.6 Å². The fraction of sp³-hybridized carbons (Fsp3) is 0.800. The number of ketones is 2. The third-order valence-electron chi connectivity index (χ3n) is 11.4. The Hall–Kier alpha value is -1.22. The van der Waals surface area contributed by atoms with Crippen molar-refractivity contribution in [2.24, 2.45) is 39.4 Å². The SMILES string of the molecule is C/C(=C\CCC(C)C1CCC2(C)C3=C(CCC12C)C1(C)CCC(=O)C(C)(C)C1CC3=O)CO. The summed E-state index contributed by atoms with van der Waals surface area (Å²) in [7, 11) is 0. The average molecular weight is 455 g/mol. The number of hydrogen-bond acceptors (Lipinski definition) is 3. The molecule has 0 amide bonds. The van der Waals surface area contributed by atoms with Gasteiger partial charge in [-0.1, -0.05) is 58.8 Å². The van der Waals surface area contributed by atoms with Crippen molar-refractivity contribution in [2.45, 2.75) is 106 Å². The maximum Gasteiger partial charge on any atom is 0.159 e. The average Bonchev–Trinajstić information content (AvgIpc) is 3.04. The van der Waals surface area contributed by atoms with E-state index >= 15 is 0 Å². The molecule has 0 spiro atoms. The van der Waals surface area contributed by atoms with Crippen molar-refractivity contribution in [3.8, 4) is 0 Å². The van der Waals surface area contributed by atoms with Crippen molar-refractivity contribution in [3.05, 3.63) is 22.8 Å². The highest BCUT2D eigenvalue weighted by atomic mass is 16.3. The molecule has 0 saturated heterocycles. The van der Waals surface area contributed by atoms with Crippen LogP contribution in [0.15, 0.2) is 22.8 Å². The number of aliphatic hydroxyl groups is 1. The van der Waals surface area contributed by atoms with E-state index in [1.807, 2.05) is 6.92 Å². The molecular formula is C30H46O3. The van der Waals surface area contributed by atoms with Crippen LogP contribution in [0.3, 0.4) is 0 Å². The Kier molecular flexibility index (Phi) is 6.17. The number of rotatable bonds is 5.